The van der Waals surface area contributed by atoms with Crippen molar-refractivity contribution in [1.82, 2.24) is 4.98 Å². The summed E-state index contributed by atoms with van der Waals surface area (Å²) < 4.78 is 0. The van der Waals surface area contributed by atoms with Crippen molar-refractivity contribution >= 4 is 22.4 Å². The second-order valence-electron chi connectivity index (χ2n) is 5.84. The first-order valence-electron chi connectivity index (χ1n) is 7.63. The molecule has 0 unspecified atom stereocenters. The molecule has 0 saturated carbocycles. The van der Waals surface area contributed by atoms with Gasteiger partial charge < -0.3 is 10.0 Å². The monoisotopic (exact) mass is 316 g/mol. The first-order chi connectivity index (χ1) is 10.6. The number of nitrogens with zero attached hydrogens (tertiary/aromatic N) is 2. The van der Waals surface area contributed by atoms with Gasteiger partial charge in [-0.15, -0.1) is 0 Å². The number of piperidine rings is 1. The molecule has 1 aliphatic rings. The molecular weight excluding hydrogens is 296 g/mol. The molecule has 2 aromatic rings. The molecule has 4 nitrogen and oxygen atoms in total. The van der Waals surface area contributed by atoms with E-state index in [4.69, 9.17) is 5.11 Å². The fourth-order valence-corrected chi connectivity index (χ4v) is 3.95. The van der Waals surface area contributed by atoms with E-state index < -0.39 is 5.97 Å². The molecule has 3 rings (SSSR count). The van der Waals surface area contributed by atoms with Crippen LogP contribution in [0.15, 0.2) is 30.3 Å². The van der Waals surface area contributed by atoms with Gasteiger partial charge in [-0.2, -0.15) is 0 Å². The second-order valence-corrected chi connectivity index (χ2v) is 6.81. The van der Waals surface area contributed by atoms with E-state index in [1.165, 1.54) is 16.9 Å². The van der Waals surface area contributed by atoms with Gasteiger partial charge >= 0.3 is 5.97 Å². The topological polar surface area (TPSA) is 53.4 Å². The predicted octanol–water partition coefficient (Wildman–Crippen LogP) is 3.61. The van der Waals surface area contributed by atoms with Gasteiger partial charge in [-0.25, -0.2) is 9.78 Å². The van der Waals surface area contributed by atoms with E-state index in [1.807, 2.05) is 0 Å². The Balaban J connectivity index is 1.60. The smallest absolute Gasteiger partial charge is 0.347 e. The Kier molecular flexibility index (Phi) is 4.43. The molecule has 1 N–H and O–H groups in total. The number of carboxylic acids is 1. The van der Waals surface area contributed by atoms with E-state index in [0.29, 0.717) is 16.5 Å². The molecule has 0 bridgehead atoms. The minimum absolute atomic E-state index is 0.362. The van der Waals surface area contributed by atoms with Gasteiger partial charge in [0, 0.05) is 13.1 Å². The number of rotatable bonds is 4. The lowest BCUT2D eigenvalue weighted by Crippen LogP contribution is -2.34. The normalized spacial score (nSPS) is 16.0. The lowest BCUT2D eigenvalue weighted by atomic mass is 9.90. The third kappa shape index (κ3) is 3.30. The molecule has 0 radical (unpaired) electrons. The highest BCUT2D eigenvalue weighted by Crippen LogP contribution is 2.30. The van der Waals surface area contributed by atoms with Gasteiger partial charge in [-0.1, -0.05) is 41.7 Å². The van der Waals surface area contributed by atoms with Crippen molar-refractivity contribution in [2.45, 2.75) is 26.2 Å². The van der Waals surface area contributed by atoms with Crippen LogP contribution in [-0.2, 0) is 6.42 Å². The Morgan fingerprint density at radius 2 is 2.00 bits per heavy atom. The van der Waals surface area contributed by atoms with Crippen LogP contribution in [0.3, 0.4) is 0 Å². The van der Waals surface area contributed by atoms with Crippen LogP contribution in [-0.4, -0.2) is 29.1 Å². The number of anilines is 1. The van der Waals surface area contributed by atoms with Crippen LogP contribution in [0.25, 0.3) is 0 Å². The fraction of sp³-hybridized carbons (Fsp3) is 0.412. The largest absolute Gasteiger partial charge is 0.477 e. The molecule has 116 valence electrons. The van der Waals surface area contributed by atoms with E-state index >= 15 is 0 Å². The zero-order valence-electron chi connectivity index (χ0n) is 12.7. The predicted molar refractivity (Wildman–Crippen MR) is 88.9 cm³/mol. The van der Waals surface area contributed by atoms with Crippen molar-refractivity contribution in [3.05, 3.63) is 46.5 Å². The van der Waals surface area contributed by atoms with Gasteiger partial charge in [0.15, 0.2) is 5.13 Å². The minimum atomic E-state index is -0.875. The lowest BCUT2D eigenvalue weighted by Gasteiger charge is -2.31. The molecule has 0 spiro atoms. The number of carbonyl (C=O) groups is 1. The van der Waals surface area contributed by atoms with Crippen LogP contribution >= 0.6 is 11.3 Å². The van der Waals surface area contributed by atoms with Crippen LogP contribution in [0.1, 0.15) is 33.8 Å². The highest BCUT2D eigenvalue weighted by Gasteiger charge is 2.23. The van der Waals surface area contributed by atoms with Crippen LogP contribution < -0.4 is 4.90 Å². The van der Waals surface area contributed by atoms with Crippen LogP contribution in [0, 0.1) is 12.8 Å². The van der Waals surface area contributed by atoms with E-state index in [0.717, 1.165) is 37.5 Å². The number of benzene rings is 1. The Hall–Kier alpha value is -1.88. The second kappa shape index (κ2) is 6.48. The standard InChI is InChI=1S/C17H20N2O2S/c1-12-15(16(20)21)22-17(18-12)19-9-7-14(8-10-19)11-13-5-3-2-4-6-13/h2-6,14H,7-11H2,1H3,(H,20,21). The van der Waals surface area contributed by atoms with E-state index in [-0.39, 0.29) is 0 Å². The summed E-state index contributed by atoms with van der Waals surface area (Å²) in [5, 5.41) is 9.99. The number of aromatic nitrogens is 1. The average Bonchev–Trinajstić information content (AvgIpc) is 2.91. The molecule has 1 aromatic heterocycles. The Labute approximate surface area is 134 Å². The summed E-state index contributed by atoms with van der Waals surface area (Å²) >= 11 is 1.29. The molecular formula is C17H20N2O2S. The van der Waals surface area contributed by atoms with Crippen molar-refractivity contribution in [2.75, 3.05) is 18.0 Å². The summed E-state index contributed by atoms with van der Waals surface area (Å²) in [5.41, 5.74) is 2.03. The van der Waals surface area contributed by atoms with Crippen molar-refractivity contribution in [3.63, 3.8) is 0 Å². The maximum Gasteiger partial charge on any atom is 0.347 e. The van der Waals surface area contributed by atoms with Gasteiger partial charge in [0.25, 0.3) is 0 Å². The number of hydrogen-bond acceptors (Lipinski definition) is 4. The van der Waals surface area contributed by atoms with Crippen molar-refractivity contribution in [2.24, 2.45) is 5.92 Å². The summed E-state index contributed by atoms with van der Waals surface area (Å²) in [7, 11) is 0. The molecule has 22 heavy (non-hydrogen) atoms. The van der Waals surface area contributed by atoms with E-state index in [9.17, 15) is 4.79 Å². The highest BCUT2D eigenvalue weighted by atomic mass is 32.1. The van der Waals surface area contributed by atoms with Gasteiger partial charge in [-0.05, 0) is 37.7 Å². The Morgan fingerprint density at radius 1 is 1.32 bits per heavy atom. The van der Waals surface area contributed by atoms with Crippen molar-refractivity contribution in [1.29, 1.82) is 0 Å². The molecule has 0 amide bonds. The van der Waals surface area contributed by atoms with Gasteiger partial charge in [-0.3, -0.25) is 0 Å². The maximum atomic E-state index is 11.1. The fourth-order valence-electron chi connectivity index (χ4n) is 2.99. The van der Waals surface area contributed by atoms with E-state index in [1.54, 1.807) is 6.92 Å². The molecule has 0 atom stereocenters. The number of aryl methyl sites for hydroxylation is 1. The van der Waals surface area contributed by atoms with Crippen LogP contribution in [0.5, 0.6) is 0 Å². The molecule has 1 saturated heterocycles. The Bertz CT molecular complexity index is 646. The zero-order valence-corrected chi connectivity index (χ0v) is 13.5. The molecule has 2 heterocycles. The number of hydrogen-bond donors (Lipinski definition) is 1. The summed E-state index contributed by atoms with van der Waals surface area (Å²) in [5.74, 6) is -0.168. The molecule has 0 aliphatic carbocycles. The minimum Gasteiger partial charge on any atom is -0.477 e. The third-order valence-electron chi connectivity index (χ3n) is 4.23. The average molecular weight is 316 g/mol. The summed E-state index contributed by atoms with van der Waals surface area (Å²) in [6.45, 7) is 3.69. The number of thiazole rings is 1. The molecule has 1 fully saturated rings. The number of aromatic carboxylic acids is 1. The zero-order chi connectivity index (χ0) is 15.5. The quantitative estimate of drug-likeness (QED) is 0.936. The Morgan fingerprint density at radius 3 is 2.59 bits per heavy atom. The van der Waals surface area contributed by atoms with Crippen LogP contribution in [0.2, 0.25) is 0 Å². The first kappa shape index (κ1) is 15.0. The third-order valence-corrected chi connectivity index (χ3v) is 5.44. The van der Waals surface area contributed by atoms with Crippen molar-refractivity contribution in [3.8, 4) is 0 Å². The summed E-state index contributed by atoms with van der Waals surface area (Å²) in [6, 6.07) is 10.6. The van der Waals surface area contributed by atoms with Gasteiger partial charge in [0.1, 0.15) is 4.88 Å². The van der Waals surface area contributed by atoms with Gasteiger partial charge in [0.2, 0.25) is 0 Å². The first-order valence-corrected chi connectivity index (χ1v) is 8.44. The van der Waals surface area contributed by atoms with Crippen molar-refractivity contribution < 1.29 is 9.90 Å². The van der Waals surface area contributed by atoms with Gasteiger partial charge in [0.05, 0.1) is 5.69 Å². The van der Waals surface area contributed by atoms with Crippen LogP contribution in [0.4, 0.5) is 5.13 Å². The highest BCUT2D eigenvalue weighted by molar-refractivity contribution is 7.17. The molecule has 1 aliphatic heterocycles. The summed E-state index contributed by atoms with van der Waals surface area (Å²) in [6.07, 6.45) is 3.40. The lowest BCUT2D eigenvalue weighted by molar-refractivity contribution is 0.0701. The number of carboxylic acid groups (broad SMARTS) is 1. The summed E-state index contributed by atoms with van der Waals surface area (Å²) in [4.78, 5) is 18.1. The maximum absolute atomic E-state index is 11.1. The molecule has 1 aromatic carbocycles. The SMILES string of the molecule is Cc1nc(N2CCC(Cc3ccccc3)CC2)sc1C(=O)O. The molecule has 5 heteroatoms. The van der Waals surface area contributed by atoms with E-state index in [2.05, 4.69) is 40.2 Å².